The van der Waals surface area contributed by atoms with Crippen molar-refractivity contribution in [2.75, 3.05) is 33.3 Å². The summed E-state index contributed by atoms with van der Waals surface area (Å²) in [6.07, 6.45) is 8.25. The zero-order valence-electron chi connectivity index (χ0n) is 10.6. The van der Waals surface area contributed by atoms with Crippen molar-refractivity contribution in [3.63, 3.8) is 0 Å². The number of hydrogen-bond donors (Lipinski definition) is 1. The molecule has 0 radical (unpaired) electrons. The average Bonchev–Trinajstić information content (AvgIpc) is 2.33. The molecule has 0 amide bonds. The van der Waals surface area contributed by atoms with Gasteiger partial charge in [0.2, 0.25) is 0 Å². The van der Waals surface area contributed by atoms with Crippen LogP contribution in [0.5, 0.6) is 0 Å². The predicted molar refractivity (Wildman–Crippen MR) is 66.7 cm³/mol. The van der Waals surface area contributed by atoms with Crippen LogP contribution in [-0.4, -0.2) is 50.3 Å². The van der Waals surface area contributed by atoms with Crippen LogP contribution in [0.4, 0.5) is 0 Å². The third-order valence-electron chi connectivity index (χ3n) is 3.90. The molecule has 2 saturated heterocycles. The van der Waals surface area contributed by atoms with E-state index in [1.165, 1.54) is 58.2 Å². The summed E-state index contributed by atoms with van der Waals surface area (Å²) in [5.74, 6) is 0. The minimum Gasteiger partial charge on any atom is -0.378 e. The standard InChI is InChI=1S/C13H26N2O/c1-15-9-5-13(6-10-15)16-11-7-12-4-2-3-8-14-12/h12-14H,2-11H2,1H3. The van der Waals surface area contributed by atoms with Gasteiger partial charge < -0.3 is 15.0 Å². The number of nitrogens with one attached hydrogen (secondary N) is 1. The SMILES string of the molecule is CN1CCC(OCCC2CCCCN2)CC1. The van der Waals surface area contributed by atoms with Gasteiger partial charge in [0.15, 0.2) is 0 Å². The van der Waals surface area contributed by atoms with E-state index in [0.29, 0.717) is 6.10 Å². The highest BCUT2D eigenvalue weighted by molar-refractivity contribution is 4.73. The molecule has 2 rings (SSSR count). The minimum atomic E-state index is 0.528. The highest BCUT2D eigenvalue weighted by Gasteiger charge is 2.18. The van der Waals surface area contributed by atoms with E-state index in [-0.39, 0.29) is 0 Å². The maximum atomic E-state index is 5.97. The Morgan fingerprint density at radius 1 is 1.19 bits per heavy atom. The van der Waals surface area contributed by atoms with Crippen molar-refractivity contribution >= 4 is 0 Å². The fourth-order valence-corrected chi connectivity index (χ4v) is 2.70. The fourth-order valence-electron chi connectivity index (χ4n) is 2.70. The Labute approximate surface area is 99.5 Å². The molecular formula is C13H26N2O. The van der Waals surface area contributed by atoms with Gasteiger partial charge in [-0.2, -0.15) is 0 Å². The number of nitrogens with zero attached hydrogens (tertiary/aromatic N) is 1. The summed E-state index contributed by atoms with van der Waals surface area (Å²) in [5.41, 5.74) is 0. The Balaban J connectivity index is 1.53. The molecule has 0 aliphatic carbocycles. The van der Waals surface area contributed by atoms with E-state index < -0.39 is 0 Å². The van der Waals surface area contributed by atoms with Gasteiger partial charge in [-0.25, -0.2) is 0 Å². The van der Waals surface area contributed by atoms with Crippen LogP contribution in [0.15, 0.2) is 0 Å². The molecule has 0 aromatic heterocycles. The average molecular weight is 226 g/mol. The van der Waals surface area contributed by atoms with E-state index in [0.717, 1.165) is 12.6 Å². The quantitative estimate of drug-likeness (QED) is 0.788. The van der Waals surface area contributed by atoms with Crippen LogP contribution in [0.25, 0.3) is 0 Å². The first-order chi connectivity index (χ1) is 7.84. The summed E-state index contributed by atoms with van der Waals surface area (Å²) in [7, 11) is 2.20. The summed E-state index contributed by atoms with van der Waals surface area (Å²) < 4.78 is 5.97. The van der Waals surface area contributed by atoms with Crippen molar-refractivity contribution in [1.29, 1.82) is 0 Å². The maximum Gasteiger partial charge on any atom is 0.0599 e. The Morgan fingerprint density at radius 2 is 2.00 bits per heavy atom. The van der Waals surface area contributed by atoms with Gasteiger partial charge in [-0.15, -0.1) is 0 Å². The Hall–Kier alpha value is -0.120. The molecule has 3 heteroatoms. The molecule has 0 saturated carbocycles. The maximum absolute atomic E-state index is 5.97. The van der Waals surface area contributed by atoms with Crippen LogP contribution < -0.4 is 5.32 Å². The van der Waals surface area contributed by atoms with Crippen molar-refractivity contribution in [3.8, 4) is 0 Å². The first kappa shape index (κ1) is 12.3. The van der Waals surface area contributed by atoms with E-state index in [2.05, 4.69) is 17.3 Å². The largest absolute Gasteiger partial charge is 0.378 e. The monoisotopic (exact) mass is 226 g/mol. The molecule has 1 unspecified atom stereocenters. The lowest BCUT2D eigenvalue weighted by Gasteiger charge is -2.30. The second-order valence-corrected chi connectivity index (χ2v) is 5.31. The molecule has 0 aromatic carbocycles. The molecule has 1 atom stereocenters. The normalized spacial score (nSPS) is 29.4. The van der Waals surface area contributed by atoms with Crippen molar-refractivity contribution in [1.82, 2.24) is 10.2 Å². The van der Waals surface area contributed by atoms with E-state index in [4.69, 9.17) is 4.74 Å². The van der Waals surface area contributed by atoms with E-state index in [9.17, 15) is 0 Å². The summed E-state index contributed by atoms with van der Waals surface area (Å²) in [6.45, 7) is 4.56. The summed E-state index contributed by atoms with van der Waals surface area (Å²) in [6, 6.07) is 0.722. The molecule has 2 heterocycles. The molecule has 3 nitrogen and oxygen atoms in total. The Bertz CT molecular complexity index is 184. The summed E-state index contributed by atoms with van der Waals surface area (Å²) in [5, 5.41) is 3.58. The molecule has 2 aliphatic heterocycles. The molecule has 16 heavy (non-hydrogen) atoms. The highest BCUT2D eigenvalue weighted by atomic mass is 16.5. The molecule has 1 N–H and O–H groups in total. The third kappa shape index (κ3) is 4.04. The zero-order chi connectivity index (χ0) is 11.2. The Kier molecular flexibility index (Phi) is 5.07. The molecule has 2 fully saturated rings. The van der Waals surface area contributed by atoms with Crippen LogP contribution in [0, 0.1) is 0 Å². The van der Waals surface area contributed by atoms with Gasteiger partial charge in [0, 0.05) is 25.7 Å². The van der Waals surface area contributed by atoms with Crippen LogP contribution in [0.2, 0.25) is 0 Å². The van der Waals surface area contributed by atoms with Crippen LogP contribution >= 0.6 is 0 Å². The molecule has 0 bridgehead atoms. The molecule has 94 valence electrons. The lowest BCUT2D eigenvalue weighted by molar-refractivity contribution is 0.00765. The van der Waals surface area contributed by atoms with Crippen molar-refractivity contribution in [3.05, 3.63) is 0 Å². The summed E-state index contributed by atoms with van der Waals surface area (Å²) in [4.78, 5) is 2.39. The van der Waals surface area contributed by atoms with Crippen molar-refractivity contribution in [2.45, 2.75) is 50.7 Å². The number of piperidine rings is 2. The zero-order valence-corrected chi connectivity index (χ0v) is 10.6. The van der Waals surface area contributed by atoms with Gasteiger partial charge in [-0.1, -0.05) is 6.42 Å². The van der Waals surface area contributed by atoms with E-state index >= 15 is 0 Å². The fraction of sp³-hybridized carbons (Fsp3) is 1.00. The van der Waals surface area contributed by atoms with Gasteiger partial charge in [0.05, 0.1) is 6.10 Å². The minimum absolute atomic E-state index is 0.528. The van der Waals surface area contributed by atoms with Gasteiger partial charge in [-0.3, -0.25) is 0 Å². The van der Waals surface area contributed by atoms with Crippen molar-refractivity contribution < 1.29 is 4.74 Å². The van der Waals surface area contributed by atoms with E-state index in [1.54, 1.807) is 0 Å². The molecule has 2 aliphatic rings. The topological polar surface area (TPSA) is 24.5 Å². The second-order valence-electron chi connectivity index (χ2n) is 5.31. The predicted octanol–water partition coefficient (Wildman–Crippen LogP) is 1.63. The lowest BCUT2D eigenvalue weighted by atomic mass is 10.0. The summed E-state index contributed by atoms with van der Waals surface area (Å²) >= 11 is 0. The molecular weight excluding hydrogens is 200 g/mol. The number of ether oxygens (including phenoxy) is 1. The number of hydrogen-bond acceptors (Lipinski definition) is 3. The lowest BCUT2D eigenvalue weighted by Crippen LogP contribution is -2.37. The second kappa shape index (κ2) is 6.58. The van der Waals surface area contributed by atoms with Crippen LogP contribution in [0.3, 0.4) is 0 Å². The molecule has 0 aromatic rings. The van der Waals surface area contributed by atoms with Crippen LogP contribution in [0.1, 0.15) is 38.5 Å². The number of likely N-dealkylation sites (tertiary alicyclic amines) is 1. The van der Waals surface area contributed by atoms with Gasteiger partial charge >= 0.3 is 0 Å². The Morgan fingerprint density at radius 3 is 2.69 bits per heavy atom. The van der Waals surface area contributed by atoms with Gasteiger partial charge in [0.25, 0.3) is 0 Å². The first-order valence-corrected chi connectivity index (χ1v) is 6.88. The van der Waals surface area contributed by atoms with Crippen molar-refractivity contribution in [2.24, 2.45) is 0 Å². The first-order valence-electron chi connectivity index (χ1n) is 6.88. The smallest absolute Gasteiger partial charge is 0.0599 e. The number of rotatable bonds is 4. The van der Waals surface area contributed by atoms with Gasteiger partial charge in [0.1, 0.15) is 0 Å². The molecule has 0 spiro atoms. The highest BCUT2D eigenvalue weighted by Crippen LogP contribution is 2.14. The van der Waals surface area contributed by atoms with Gasteiger partial charge in [-0.05, 0) is 45.7 Å². The van der Waals surface area contributed by atoms with E-state index in [1.807, 2.05) is 0 Å². The van der Waals surface area contributed by atoms with Crippen LogP contribution in [-0.2, 0) is 4.74 Å². The third-order valence-corrected chi connectivity index (χ3v) is 3.90.